The summed E-state index contributed by atoms with van der Waals surface area (Å²) in [7, 11) is 3.47. The molecule has 1 rings (SSSR count). The molecule has 2 N–H and O–H groups in total. The van der Waals surface area contributed by atoms with Crippen molar-refractivity contribution in [2.75, 3.05) is 33.9 Å². The van der Waals surface area contributed by atoms with E-state index in [1.165, 1.54) is 5.56 Å². The summed E-state index contributed by atoms with van der Waals surface area (Å²) in [6.45, 7) is 8.31. The first-order chi connectivity index (χ1) is 10.5. The summed E-state index contributed by atoms with van der Waals surface area (Å²) < 4.78 is 11.1. The molecule has 132 valence electrons. The van der Waals surface area contributed by atoms with Crippen molar-refractivity contribution in [1.82, 2.24) is 10.6 Å². The molecular weight excluding hydrogens is 405 g/mol. The number of benzene rings is 1. The van der Waals surface area contributed by atoms with Crippen molar-refractivity contribution < 1.29 is 9.47 Å². The molecule has 0 saturated heterocycles. The van der Waals surface area contributed by atoms with Crippen LogP contribution in [0.25, 0.3) is 0 Å². The van der Waals surface area contributed by atoms with Crippen LogP contribution in [-0.2, 0) is 4.74 Å². The fourth-order valence-corrected chi connectivity index (χ4v) is 1.69. The molecule has 0 heterocycles. The number of rotatable bonds is 8. The van der Waals surface area contributed by atoms with Crippen LogP contribution in [0, 0.1) is 6.92 Å². The van der Waals surface area contributed by atoms with Crippen LogP contribution in [0.2, 0.25) is 0 Å². The highest BCUT2D eigenvalue weighted by atomic mass is 127. The van der Waals surface area contributed by atoms with E-state index in [9.17, 15) is 0 Å². The Morgan fingerprint density at radius 2 is 1.83 bits per heavy atom. The molecule has 0 aliphatic carbocycles. The Balaban J connectivity index is 0.00000484. The van der Waals surface area contributed by atoms with E-state index >= 15 is 0 Å². The van der Waals surface area contributed by atoms with Crippen molar-refractivity contribution >= 4 is 29.9 Å². The normalized spacial score (nSPS) is 11.6. The fraction of sp³-hybridized carbons (Fsp3) is 0.588. The molecule has 0 spiro atoms. The second-order valence-electron chi connectivity index (χ2n) is 5.83. The van der Waals surface area contributed by atoms with Crippen LogP contribution < -0.4 is 15.4 Å². The number of nitrogens with one attached hydrogen (secondary N) is 2. The molecule has 0 bridgehead atoms. The van der Waals surface area contributed by atoms with Gasteiger partial charge in [-0.1, -0.05) is 17.7 Å². The summed E-state index contributed by atoms with van der Waals surface area (Å²) >= 11 is 0. The third-order valence-corrected chi connectivity index (χ3v) is 3.36. The van der Waals surface area contributed by atoms with Gasteiger partial charge in [0, 0.05) is 27.2 Å². The molecule has 6 heteroatoms. The van der Waals surface area contributed by atoms with E-state index in [2.05, 4.69) is 34.7 Å². The molecule has 0 aromatic heterocycles. The van der Waals surface area contributed by atoms with Gasteiger partial charge in [-0.2, -0.15) is 0 Å². The average Bonchev–Trinajstić information content (AvgIpc) is 2.51. The minimum atomic E-state index is -0.216. The van der Waals surface area contributed by atoms with Crippen LogP contribution in [0.5, 0.6) is 5.75 Å². The molecule has 1 aromatic carbocycles. The Hall–Kier alpha value is -1.02. The summed E-state index contributed by atoms with van der Waals surface area (Å²) in [6, 6.07) is 8.10. The predicted octanol–water partition coefficient (Wildman–Crippen LogP) is 2.97. The van der Waals surface area contributed by atoms with Gasteiger partial charge >= 0.3 is 0 Å². The maximum absolute atomic E-state index is 5.69. The van der Waals surface area contributed by atoms with Crippen LogP contribution in [-0.4, -0.2) is 45.4 Å². The van der Waals surface area contributed by atoms with Gasteiger partial charge in [-0.25, -0.2) is 0 Å². The van der Waals surface area contributed by atoms with Gasteiger partial charge in [0.15, 0.2) is 5.96 Å². The Bertz CT molecular complexity index is 461. The molecule has 0 radical (unpaired) electrons. The Kier molecular flexibility index (Phi) is 11.0. The maximum Gasteiger partial charge on any atom is 0.191 e. The molecule has 0 fully saturated rings. The number of aliphatic imine (C=N–C) groups is 1. The molecule has 1 aromatic rings. The quantitative estimate of drug-likeness (QED) is 0.285. The number of halogens is 1. The van der Waals surface area contributed by atoms with Gasteiger partial charge in [0.25, 0.3) is 0 Å². The van der Waals surface area contributed by atoms with Gasteiger partial charge < -0.3 is 20.1 Å². The number of hydrogen-bond acceptors (Lipinski definition) is 3. The predicted molar refractivity (Wildman–Crippen MR) is 107 cm³/mol. The second-order valence-corrected chi connectivity index (χ2v) is 5.83. The lowest BCUT2D eigenvalue weighted by molar-refractivity contribution is 0.0268. The van der Waals surface area contributed by atoms with Gasteiger partial charge in [-0.15, -0.1) is 24.0 Å². The minimum absolute atomic E-state index is 0. The Morgan fingerprint density at radius 1 is 1.17 bits per heavy atom. The van der Waals surface area contributed by atoms with Crippen molar-refractivity contribution in [2.24, 2.45) is 4.99 Å². The smallest absolute Gasteiger partial charge is 0.191 e. The molecule has 0 amide bonds. The maximum atomic E-state index is 5.69. The lowest BCUT2D eigenvalue weighted by Crippen LogP contribution is -2.45. The molecule has 0 aliphatic heterocycles. The molecule has 0 saturated carbocycles. The van der Waals surface area contributed by atoms with E-state index < -0.39 is 0 Å². The Morgan fingerprint density at radius 3 is 2.39 bits per heavy atom. The number of guanidine groups is 1. The molecular formula is C17H30IN3O2. The van der Waals surface area contributed by atoms with E-state index in [0.29, 0.717) is 13.2 Å². The standard InChI is InChI=1S/C17H29N3O2.HI/c1-14-7-9-15(10-8-14)22-12-6-11-19-16(18-4)20-13-17(2,3)21-5;/h7-10H,6,11-13H2,1-5H3,(H2,18,19,20);1H. The number of nitrogens with zero attached hydrogens (tertiary/aromatic N) is 1. The zero-order valence-electron chi connectivity index (χ0n) is 14.8. The van der Waals surface area contributed by atoms with Crippen LogP contribution in [0.3, 0.4) is 0 Å². The van der Waals surface area contributed by atoms with Crippen molar-refractivity contribution in [3.05, 3.63) is 29.8 Å². The van der Waals surface area contributed by atoms with Gasteiger partial charge in [-0.05, 0) is 39.3 Å². The van der Waals surface area contributed by atoms with Gasteiger partial charge in [0.05, 0.1) is 12.2 Å². The zero-order valence-corrected chi connectivity index (χ0v) is 17.1. The van der Waals surface area contributed by atoms with E-state index in [1.54, 1.807) is 14.2 Å². The Labute approximate surface area is 157 Å². The lowest BCUT2D eigenvalue weighted by atomic mass is 10.1. The first-order valence-corrected chi connectivity index (χ1v) is 7.66. The highest BCUT2D eigenvalue weighted by molar-refractivity contribution is 14.0. The van der Waals surface area contributed by atoms with E-state index in [1.807, 2.05) is 26.0 Å². The summed E-state index contributed by atoms with van der Waals surface area (Å²) in [4.78, 5) is 4.19. The molecule has 0 unspecified atom stereocenters. The van der Waals surface area contributed by atoms with Crippen LogP contribution in [0.1, 0.15) is 25.8 Å². The second kappa shape index (κ2) is 11.5. The SMILES string of the molecule is CN=C(NCCCOc1ccc(C)cc1)NCC(C)(C)OC.I. The van der Waals surface area contributed by atoms with E-state index in [4.69, 9.17) is 9.47 Å². The average molecular weight is 435 g/mol. The van der Waals surface area contributed by atoms with Crippen LogP contribution in [0.15, 0.2) is 29.3 Å². The van der Waals surface area contributed by atoms with Gasteiger partial charge in [0.2, 0.25) is 0 Å². The topological polar surface area (TPSA) is 54.9 Å². The third kappa shape index (κ3) is 9.65. The monoisotopic (exact) mass is 435 g/mol. The summed E-state index contributed by atoms with van der Waals surface area (Å²) in [5.74, 6) is 1.69. The molecule has 23 heavy (non-hydrogen) atoms. The number of hydrogen-bond donors (Lipinski definition) is 2. The number of methoxy groups -OCH3 is 1. The summed E-state index contributed by atoms with van der Waals surface area (Å²) in [6.07, 6.45) is 0.905. The molecule has 0 atom stereocenters. The van der Waals surface area contributed by atoms with Crippen molar-refractivity contribution in [2.45, 2.75) is 32.8 Å². The van der Waals surface area contributed by atoms with Crippen LogP contribution >= 0.6 is 24.0 Å². The highest BCUT2D eigenvalue weighted by Gasteiger charge is 2.16. The fourth-order valence-electron chi connectivity index (χ4n) is 1.69. The number of aryl methyl sites for hydroxylation is 1. The number of ether oxygens (including phenoxy) is 2. The first-order valence-electron chi connectivity index (χ1n) is 7.66. The van der Waals surface area contributed by atoms with Crippen molar-refractivity contribution in [1.29, 1.82) is 0 Å². The lowest BCUT2D eigenvalue weighted by Gasteiger charge is -2.24. The van der Waals surface area contributed by atoms with Crippen molar-refractivity contribution in [3.8, 4) is 5.75 Å². The highest BCUT2D eigenvalue weighted by Crippen LogP contribution is 2.11. The minimum Gasteiger partial charge on any atom is -0.494 e. The van der Waals surface area contributed by atoms with Crippen LogP contribution in [0.4, 0.5) is 0 Å². The van der Waals surface area contributed by atoms with E-state index in [-0.39, 0.29) is 29.6 Å². The molecule has 0 aliphatic rings. The van der Waals surface area contributed by atoms with E-state index in [0.717, 1.165) is 24.7 Å². The zero-order chi connectivity index (χ0) is 16.4. The molecule has 5 nitrogen and oxygen atoms in total. The van der Waals surface area contributed by atoms with Gasteiger partial charge in [0.1, 0.15) is 5.75 Å². The summed E-state index contributed by atoms with van der Waals surface area (Å²) in [5, 5.41) is 6.51. The van der Waals surface area contributed by atoms with Crippen molar-refractivity contribution in [3.63, 3.8) is 0 Å². The van der Waals surface area contributed by atoms with Gasteiger partial charge in [-0.3, -0.25) is 4.99 Å². The first kappa shape index (κ1) is 22.0. The third-order valence-electron chi connectivity index (χ3n) is 3.36. The summed E-state index contributed by atoms with van der Waals surface area (Å²) in [5.41, 5.74) is 1.02. The largest absolute Gasteiger partial charge is 0.494 e.